The molecule has 2 rings (SSSR count). The summed E-state index contributed by atoms with van der Waals surface area (Å²) in [5.41, 5.74) is 0.963. The van der Waals surface area contributed by atoms with E-state index in [9.17, 15) is 5.11 Å². The van der Waals surface area contributed by atoms with Crippen LogP contribution in [0.25, 0.3) is 0 Å². The molecule has 0 aromatic heterocycles. The zero-order valence-corrected chi connectivity index (χ0v) is 12.6. The zero-order valence-electron chi connectivity index (χ0n) is 11.1. The largest absolute Gasteiger partial charge is 0.508 e. The van der Waals surface area contributed by atoms with Crippen molar-refractivity contribution in [1.82, 2.24) is 4.90 Å². The van der Waals surface area contributed by atoms with Gasteiger partial charge in [0.05, 0.1) is 12.7 Å². The number of rotatable bonds is 2. The van der Waals surface area contributed by atoms with E-state index < -0.39 is 0 Å². The van der Waals surface area contributed by atoms with Gasteiger partial charge in [-0.1, -0.05) is 15.9 Å². The van der Waals surface area contributed by atoms with Crippen molar-refractivity contribution in [3.05, 3.63) is 28.2 Å². The molecule has 0 saturated carbocycles. The molecule has 18 heavy (non-hydrogen) atoms. The third kappa shape index (κ3) is 2.87. The minimum atomic E-state index is 0.184. The Balaban J connectivity index is 2.23. The molecular formula is C14H20BrNO2. The van der Waals surface area contributed by atoms with E-state index in [-0.39, 0.29) is 12.1 Å². The highest BCUT2D eigenvalue weighted by Gasteiger charge is 2.29. The van der Waals surface area contributed by atoms with Crippen LogP contribution in [0, 0.1) is 0 Å². The van der Waals surface area contributed by atoms with Crippen molar-refractivity contribution in [2.24, 2.45) is 0 Å². The lowest BCUT2D eigenvalue weighted by Crippen LogP contribution is -2.48. The average Bonchev–Trinajstić information content (AvgIpc) is 2.34. The number of phenols is 1. The summed E-state index contributed by atoms with van der Waals surface area (Å²) >= 11 is 3.46. The summed E-state index contributed by atoms with van der Waals surface area (Å²) in [5, 5.41) is 10.0. The lowest BCUT2D eigenvalue weighted by Gasteiger charge is -2.41. The van der Waals surface area contributed by atoms with Crippen LogP contribution in [0.5, 0.6) is 5.75 Å². The summed E-state index contributed by atoms with van der Waals surface area (Å²) in [5.74, 6) is 0.358. The van der Waals surface area contributed by atoms with Crippen LogP contribution in [0.15, 0.2) is 22.7 Å². The van der Waals surface area contributed by atoms with Gasteiger partial charge in [-0.3, -0.25) is 4.90 Å². The van der Waals surface area contributed by atoms with E-state index in [0.29, 0.717) is 11.8 Å². The molecule has 1 heterocycles. The van der Waals surface area contributed by atoms with Crippen molar-refractivity contribution < 1.29 is 9.84 Å². The van der Waals surface area contributed by atoms with Gasteiger partial charge in [0.1, 0.15) is 5.75 Å². The fraction of sp³-hybridized carbons (Fsp3) is 0.571. The molecule has 4 heteroatoms. The second-order valence-corrected chi connectivity index (χ2v) is 5.98. The summed E-state index contributed by atoms with van der Waals surface area (Å²) in [6, 6.07) is 6.15. The number of aromatic hydroxyl groups is 1. The van der Waals surface area contributed by atoms with Crippen LogP contribution >= 0.6 is 15.9 Å². The molecule has 1 saturated heterocycles. The molecule has 1 aliphatic heterocycles. The van der Waals surface area contributed by atoms with Crippen molar-refractivity contribution >= 4 is 15.9 Å². The van der Waals surface area contributed by atoms with Gasteiger partial charge in [-0.2, -0.15) is 0 Å². The first-order valence-electron chi connectivity index (χ1n) is 6.34. The Morgan fingerprint density at radius 2 is 2.17 bits per heavy atom. The molecule has 1 fully saturated rings. The Morgan fingerprint density at radius 3 is 2.89 bits per heavy atom. The van der Waals surface area contributed by atoms with Crippen LogP contribution in [0.4, 0.5) is 0 Å². The maximum Gasteiger partial charge on any atom is 0.120 e. The van der Waals surface area contributed by atoms with Gasteiger partial charge in [0.15, 0.2) is 0 Å². The standard InChI is InChI=1S/C14H20BrNO2/c1-9-8-18-10(2)7-16(9)11(3)13-6-12(15)4-5-14(13)17/h4-6,9-11,17H,7-8H2,1-3H3. The third-order valence-corrected chi connectivity index (χ3v) is 4.09. The Hall–Kier alpha value is -0.580. The van der Waals surface area contributed by atoms with E-state index in [2.05, 4.69) is 41.6 Å². The molecule has 3 nitrogen and oxygen atoms in total. The average molecular weight is 314 g/mol. The number of ether oxygens (including phenoxy) is 1. The van der Waals surface area contributed by atoms with Crippen LogP contribution in [0.1, 0.15) is 32.4 Å². The molecule has 3 atom stereocenters. The molecule has 0 radical (unpaired) electrons. The molecule has 1 aliphatic rings. The number of benzene rings is 1. The summed E-state index contributed by atoms with van der Waals surface area (Å²) in [6.45, 7) is 8.04. The number of hydrogen-bond donors (Lipinski definition) is 1. The summed E-state index contributed by atoms with van der Waals surface area (Å²) < 4.78 is 6.64. The first-order valence-corrected chi connectivity index (χ1v) is 7.14. The van der Waals surface area contributed by atoms with Gasteiger partial charge in [-0.05, 0) is 39.0 Å². The number of morpholine rings is 1. The van der Waals surface area contributed by atoms with Crippen molar-refractivity contribution in [1.29, 1.82) is 0 Å². The molecular weight excluding hydrogens is 294 g/mol. The number of phenolic OH excluding ortho intramolecular Hbond substituents is 1. The Kier molecular flexibility index (Phi) is 4.30. The van der Waals surface area contributed by atoms with Crippen LogP contribution in [0.2, 0.25) is 0 Å². The van der Waals surface area contributed by atoms with Crippen molar-refractivity contribution in [2.75, 3.05) is 13.2 Å². The predicted molar refractivity (Wildman–Crippen MR) is 75.8 cm³/mol. The van der Waals surface area contributed by atoms with E-state index >= 15 is 0 Å². The number of nitrogens with zero attached hydrogens (tertiary/aromatic N) is 1. The third-order valence-electron chi connectivity index (χ3n) is 3.59. The Labute approximate surface area is 117 Å². The molecule has 0 aliphatic carbocycles. The summed E-state index contributed by atoms with van der Waals surface area (Å²) in [4.78, 5) is 2.38. The van der Waals surface area contributed by atoms with Gasteiger partial charge in [-0.25, -0.2) is 0 Å². The normalized spacial score (nSPS) is 27.1. The van der Waals surface area contributed by atoms with Gasteiger partial charge >= 0.3 is 0 Å². The highest BCUT2D eigenvalue weighted by molar-refractivity contribution is 9.10. The maximum absolute atomic E-state index is 10.0. The van der Waals surface area contributed by atoms with Crippen LogP contribution < -0.4 is 0 Å². The maximum atomic E-state index is 10.0. The SMILES string of the molecule is CC1CN(C(C)c2cc(Br)ccc2O)C(C)CO1. The highest BCUT2D eigenvalue weighted by Crippen LogP contribution is 2.33. The molecule has 1 aromatic rings. The van der Waals surface area contributed by atoms with Gasteiger partial charge in [-0.15, -0.1) is 0 Å². The van der Waals surface area contributed by atoms with E-state index in [0.717, 1.165) is 23.2 Å². The van der Waals surface area contributed by atoms with E-state index in [1.165, 1.54) is 0 Å². The molecule has 0 bridgehead atoms. The Bertz CT molecular complexity index is 424. The smallest absolute Gasteiger partial charge is 0.120 e. The van der Waals surface area contributed by atoms with Crippen LogP contribution in [-0.2, 0) is 4.74 Å². The number of halogens is 1. The first kappa shape index (κ1) is 13.8. The van der Waals surface area contributed by atoms with Gasteiger partial charge in [0.2, 0.25) is 0 Å². The fourth-order valence-electron chi connectivity index (χ4n) is 2.51. The molecule has 100 valence electrons. The minimum absolute atomic E-state index is 0.184. The zero-order chi connectivity index (χ0) is 13.3. The molecule has 1 N–H and O–H groups in total. The van der Waals surface area contributed by atoms with E-state index in [4.69, 9.17) is 4.74 Å². The summed E-state index contributed by atoms with van der Waals surface area (Å²) in [6.07, 6.45) is 0.248. The van der Waals surface area contributed by atoms with Gasteiger partial charge in [0, 0.05) is 28.7 Å². The number of hydrogen-bond acceptors (Lipinski definition) is 3. The predicted octanol–water partition coefficient (Wildman–Crippen LogP) is 3.32. The highest BCUT2D eigenvalue weighted by atomic mass is 79.9. The van der Waals surface area contributed by atoms with Crippen molar-refractivity contribution in [3.8, 4) is 5.75 Å². The van der Waals surface area contributed by atoms with Crippen LogP contribution in [-0.4, -0.2) is 35.3 Å². The van der Waals surface area contributed by atoms with Gasteiger partial charge in [0.25, 0.3) is 0 Å². The fourth-order valence-corrected chi connectivity index (χ4v) is 2.89. The van der Waals surface area contributed by atoms with Crippen molar-refractivity contribution in [2.45, 2.75) is 39.0 Å². The topological polar surface area (TPSA) is 32.7 Å². The van der Waals surface area contributed by atoms with Crippen LogP contribution in [0.3, 0.4) is 0 Å². The molecule has 0 spiro atoms. The first-order chi connectivity index (χ1) is 8.49. The molecule has 1 aromatic carbocycles. The van der Waals surface area contributed by atoms with E-state index in [1.54, 1.807) is 6.07 Å². The van der Waals surface area contributed by atoms with Gasteiger partial charge < -0.3 is 9.84 Å². The van der Waals surface area contributed by atoms with E-state index in [1.807, 2.05) is 12.1 Å². The second kappa shape index (κ2) is 5.59. The lowest BCUT2D eigenvalue weighted by molar-refractivity contribution is -0.0642. The quantitative estimate of drug-likeness (QED) is 0.909. The van der Waals surface area contributed by atoms with Crippen molar-refractivity contribution in [3.63, 3.8) is 0 Å². The monoisotopic (exact) mass is 313 g/mol. The summed E-state index contributed by atoms with van der Waals surface area (Å²) in [7, 11) is 0. The minimum Gasteiger partial charge on any atom is -0.508 e. The second-order valence-electron chi connectivity index (χ2n) is 5.07. The molecule has 0 amide bonds. The lowest BCUT2D eigenvalue weighted by atomic mass is 10.0. The Morgan fingerprint density at radius 1 is 1.44 bits per heavy atom. The molecule has 3 unspecified atom stereocenters.